The van der Waals surface area contributed by atoms with Crippen LogP contribution in [-0.2, 0) is 9.47 Å². The number of aromatic nitrogens is 2. The normalized spacial score (nSPS) is 14.0. The molecule has 0 saturated carbocycles. The van der Waals surface area contributed by atoms with Gasteiger partial charge in [0.1, 0.15) is 17.3 Å². The number of carbonyl (C=O) groups excluding carboxylic acids is 1. The molecular weight excluding hydrogens is 358 g/mol. The van der Waals surface area contributed by atoms with Crippen LogP contribution in [0.1, 0.15) is 22.7 Å². The molecule has 28 heavy (non-hydrogen) atoms. The Labute approximate surface area is 165 Å². The summed E-state index contributed by atoms with van der Waals surface area (Å²) in [7, 11) is 1.64. The number of hydrogen-bond acceptors (Lipinski definition) is 7. The van der Waals surface area contributed by atoms with Gasteiger partial charge in [0, 0.05) is 39.4 Å². The van der Waals surface area contributed by atoms with Crippen LogP contribution >= 0.6 is 0 Å². The zero-order valence-electron chi connectivity index (χ0n) is 16.4. The number of morpholine rings is 1. The highest BCUT2D eigenvalue weighted by atomic mass is 16.5. The number of para-hydroxylation sites is 2. The smallest absolute Gasteiger partial charge is 0.270 e. The van der Waals surface area contributed by atoms with E-state index in [4.69, 9.17) is 9.47 Å². The molecule has 0 unspecified atom stereocenters. The molecule has 1 aliphatic rings. The molecule has 2 heterocycles. The summed E-state index contributed by atoms with van der Waals surface area (Å²) in [6.07, 6.45) is 0.754. The highest BCUT2D eigenvalue weighted by Crippen LogP contribution is 2.28. The minimum atomic E-state index is -0.217. The van der Waals surface area contributed by atoms with E-state index in [-0.39, 0.29) is 5.91 Å². The lowest BCUT2D eigenvalue weighted by atomic mass is 10.2. The molecule has 0 radical (unpaired) electrons. The van der Waals surface area contributed by atoms with Gasteiger partial charge in [0.05, 0.1) is 24.6 Å². The minimum absolute atomic E-state index is 0.217. The number of nitrogens with zero attached hydrogens (tertiary/aromatic N) is 3. The first-order chi connectivity index (χ1) is 13.7. The van der Waals surface area contributed by atoms with Crippen molar-refractivity contribution in [2.24, 2.45) is 0 Å². The van der Waals surface area contributed by atoms with E-state index in [2.05, 4.69) is 31.6 Å². The quantitative estimate of drug-likeness (QED) is 0.673. The predicted octanol–water partition coefficient (Wildman–Crippen LogP) is 2.13. The number of rotatable bonds is 8. The van der Waals surface area contributed by atoms with Crippen LogP contribution in [0.25, 0.3) is 0 Å². The number of anilines is 3. The first-order valence-corrected chi connectivity index (χ1v) is 9.49. The molecular formula is C20H27N5O3. The van der Waals surface area contributed by atoms with Gasteiger partial charge in [0.2, 0.25) is 0 Å². The third-order valence-corrected chi connectivity index (χ3v) is 4.40. The summed E-state index contributed by atoms with van der Waals surface area (Å²) in [5, 5.41) is 6.20. The van der Waals surface area contributed by atoms with Gasteiger partial charge in [-0.05, 0) is 25.5 Å². The van der Waals surface area contributed by atoms with E-state index in [0.717, 1.165) is 30.9 Å². The summed E-state index contributed by atoms with van der Waals surface area (Å²) < 4.78 is 10.4. The minimum Gasteiger partial charge on any atom is -0.385 e. The van der Waals surface area contributed by atoms with Crippen molar-refractivity contribution in [3.63, 3.8) is 0 Å². The van der Waals surface area contributed by atoms with Crippen LogP contribution in [0, 0.1) is 6.92 Å². The Balaban J connectivity index is 1.74. The Morgan fingerprint density at radius 1 is 1.25 bits per heavy atom. The maximum absolute atomic E-state index is 12.4. The Morgan fingerprint density at radius 2 is 2.04 bits per heavy atom. The lowest BCUT2D eigenvalue weighted by molar-refractivity contribution is 0.0943. The first-order valence-electron chi connectivity index (χ1n) is 9.49. The standard InChI is InChI=1S/C20H27N5O3/c1-15-22-17(20(26)21-8-5-11-27-2)14-19(23-15)24-16-6-3-4-7-18(16)25-9-12-28-13-10-25/h3-4,6-7,14H,5,8-13H2,1-2H3,(H,21,26)(H,22,23,24). The highest BCUT2D eigenvalue weighted by molar-refractivity contribution is 5.93. The van der Waals surface area contributed by atoms with Gasteiger partial charge in [0.15, 0.2) is 0 Å². The third kappa shape index (κ3) is 5.40. The second-order valence-electron chi connectivity index (χ2n) is 6.53. The van der Waals surface area contributed by atoms with Crippen molar-refractivity contribution in [2.45, 2.75) is 13.3 Å². The van der Waals surface area contributed by atoms with Crippen molar-refractivity contribution in [1.82, 2.24) is 15.3 Å². The fraction of sp³-hybridized carbons (Fsp3) is 0.450. The molecule has 1 saturated heterocycles. The Bertz CT molecular complexity index is 793. The van der Waals surface area contributed by atoms with Crippen molar-refractivity contribution < 1.29 is 14.3 Å². The van der Waals surface area contributed by atoms with Crippen LogP contribution in [-0.4, -0.2) is 62.4 Å². The number of aryl methyl sites for hydroxylation is 1. The molecule has 1 aromatic heterocycles. The summed E-state index contributed by atoms with van der Waals surface area (Å²) in [4.78, 5) is 23.4. The van der Waals surface area contributed by atoms with E-state index in [9.17, 15) is 4.79 Å². The van der Waals surface area contributed by atoms with Gasteiger partial charge in [-0.25, -0.2) is 9.97 Å². The second kappa shape index (κ2) is 10.0. The van der Waals surface area contributed by atoms with Crippen molar-refractivity contribution in [1.29, 1.82) is 0 Å². The van der Waals surface area contributed by atoms with Gasteiger partial charge in [-0.1, -0.05) is 12.1 Å². The largest absolute Gasteiger partial charge is 0.385 e. The molecule has 1 aliphatic heterocycles. The molecule has 150 valence electrons. The van der Waals surface area contributed by atoms with E-state index in [1.165, 1.54) is 0 Å². The van der Waals surface area contributed by atoms with Crippen LogP contribution in [0.15, 0.2) is 30.3 Å². The number of ether oxygens (including phenoxy) is 2. The summed E-state index contributed by atoms with van der Waals surface area (Å²) in [6.45, 7) is 6.04. The van der Waals surface area contributed by atoms with Crippen LogP contribution in [0.2, 0.25) is 0 Å². The fourth-order valence-electron chi connectivity index (χ4n) is 3.05. The number of benzene rings is 1. The molecule has 0 bridgehead atoms. The van der Waals surface area contributed by atoms with Crippen LogP contribution < -0.4 is 15.5 Å². The third-order valence-electron chi connectivity index (χ3n) is 4.40. The number of hydrogen-bond donors (Lipinski definition) is 2. The van der Waals surface area contributed by atoms with Crippen molar-refractivity contribution in [3.8, 4) is 0 Å². The lowest BCUT2D eigenvalue weighted by Gasteiger charge is -2.30. The van der Waals surface area contributed by atoms with Crippen molar-refractivity contribution >= 4 is 23.1 Å². The first kappa shape index (κ1) is 20.0. The fourth-order valence-corrected chi connectivity index (χ4v) is 3.05. The van der Waals surface area contributed by atoms with Gasteiger partial charge >= 0.3 is 0 Å². The van der Waals surface area contributed by atoms with Crippen molar-refractivity contribution in [2.75, 3.05) is 56.8 Å². The molecule has 2 aromatic rings. The number of carbonyl (C=O) groups is 1. The number of nitrogens with one attached hydrogen (secondary N) is 2. The summed E-state index contributed by atoms with van der Waals surface area (Å²) in [5.41, 5.74) is 2.37. The average Bonchev–Trinajstić information content (AvgIpc) is 2.72. The Morgan fingerprint density at radius 3 is 2.82 bits per heavy atom. The molecule has 0 aliphatic carbocycles. The summed E-state index contributed by atoms with van der Waals surface area (Å²) >= 11 is 0. The molecule has 8 nitrogen and oxygen atoms in total. The van der Waals surface area contributed by atoms with Gasteiger partial charge in [-0.3, -0.25) is 4.79 Å². The highest BCUT2D eigenvalue weighted by Gasteiger charge is 2.16. The van der Waals surface area contributed by atoms with E-state index in [0.29, 0.717) is 43.7 Å². The van der Waals surface area contributed by atoms with Gasteiger partial charge in [-0.2, -0.15) is 0 Å². The van der Waals surface area contributed by atoms with Crippen LogP contribution in [0.3, 0.4) is 0 Å². The van der Waals surface area contributed by atoms with Gasteiger partial charge in [-0.15, -0.1) is 0 Å². The molecule has 0 spiro atoms. The molecule has 1 aromatic carbocycles. The summed E-state index contributed by atoms with van der Waals surface area (Å²) in [6, 6.07) is 9.75. The zero-order chi connectivity index (χ0) is 19.8. The molecule has 0 atom stereocenters. The number of amides is 1. The molecule has 3 rings (SSSR count). The molecule has 8 heteroatoms. The average molecular weight is 385 g/mol. The maximum atomic E-state index is 12.4. The zero-order valence-corrected chi connectivity index (χ0v) is 16.4. The topological polar surface area (TPSA) is 88.6 Å². The van der Waals surface area contributed by atoms with Crippen molar-refractivity contribution in [3.05, 3.63) is 41.9 Å². The van der Waals surface area contributed by atoms with Crippen LogP contribution in [0.5, 0.6) is 0 Å². The van der Waals surface area contributed by atoms with Gasteiger partial charge < -0.3 is 25.0 Å². The molecule has 1 amide bonds. The van der Waals surface area contributed by atoms with E-state index < -0.39 is 0 Å². The number of methoxy groups -OCH3 is 1. The lowest BCUT2D eigenvalue weighted by Crippen LogP contribution is -2.36. The van der Waals surface area contributed by atoms with E-state index >= 15 is 0 Å². The molecule has 2 N–H and O–H groups in total. The van der Waals surface area contributed by atoms with E-state index in [1.807, 2.05) is 18.2 Å². The van der Waals surface area contributed by atoms with Crippen LogP contribution in [0.4, 0.5) is 17.2 Å². The van der Waals surface area contributed by atoms with Gasteiger partial charge in [0.25, 0.3) is 5.91 Å². The monoisotopic (exact) mass is 385 g/mol. The Hall–Kier alpha value is -2.71. The Kier molecular flexibility index (Phi) is 7.16. The maximum Gasteiger partial charge on any atom is 0.270 e. The summed E-state index contributed by atoms with van der Waals surface area (Å²) in [5.74, 6) is 0.914. The predicted molar refractivity (Wildman–Crippen MR) is 108 cm³/mol. The second-order valence-corrected chi connectivity index (χ2v) is 6.53. The van der Waals surface area contributed by atoms with E-state index in [1.54, 1.807) is 20.1 Å². The SMILES string of the molecule is COCCCNC(=O)c1cc(Nc2ccccc2N2CCOCC2)nc(C)n1. The molecule has 1 fully saturated rings.